The standard InChI is InChI=1S/C13H13F2N5O3/c1-2-13(15)10(22)12(3-14,4-21)23-11(13)20-6-19-7-8(16)17-5-18-9(7)20/h1,5-6,10-11,21-22H,3-4H2,(H2,16,17,18)/t10-,11-,12-,13-/m1/s1. The Labute approximate surface area is 128 Å². The Morgan fingerprint density at radius 2 is 2.22 bits per heavy atom. The number of nitrogens with zero attached hydrogens (tertiary/aromatic N) is 4. The molecule has 3 rings (SSSR count). The summed E-state index contributed by atoms with van der Waals surface area (Å²) in [6, 6.07) is 0. The van der Waals surface area contributed by atoms with E-state index in [-0.39, 0.29) is 17.0 Å². The number of aliphatic hydroxyl groups excluding tert-OH is 2. The van der Waals surface area contributed by atoms with Crippen LogP contribution in [0.2, 0.25) is 0 Å². The lowest BCUT2D eigenvalue weighted by molar-refractivity contribution is -0.136. The molecule has 0 bridgehead atoms. The first-order chi connectivity index (χ1) is 10.9. The van der Waals surface area contributed by atoms with Crippen molar-refractivity contribution in [1.29, 1.82) is 0 Å². The second kappa shape index (κ2) is 5.09. The minimum Gasteiger partial charge on any atom is -0.393 e. The molecule has 1 aliphatic heterocycles. The van der Waals surface area contributed by atoms with E-state index >= 15 is 4.39 Å². The van der Waals surface area contributed by atoms with E-state index in [4.69, 9.17) is 16.9 Å². The van der Waals surface area contributed by atoms with Gasteiger partial charge >= 0.3 is 0 Å². The van der Waals surface area contributed by atoms with Crippen molar-refractivity contribution in [2.45, 2.75) is 23.6 Å². The largest absolute Gasteiger partial charge is 0.393 e. The maximum atomic E-state index is 15.1. The molecule has 122 valence electrons. The van der Waals surface area contributed by atoms with E-state index in [0.29, 0.717) is 0 Å². The predicted octanol–water partition coefficient (Wildman–Crippen LogP) is -0.660. The minimum absolute atomic E-state index is 0.0522. The molecule has 0 radical (unpaired) electrons. The molecule has 3 heterocycles. The zero-order valence-corrected chi connectivity index (χ0v) is 11.7. The van der Waals surface area contributed by atoms with E-state index < -0.39 is 36.9 Å². The molecule has 2 aromatic heterocycles. The molecule has 1 saturated heterocycles. The number of fused-ring (bicyclic) bond motifs is 1. The van der Waals surface area contributed by atoms with Crippen LogP contribution >= 0.6 is 0 Å². The molecule has 0 aromatic carbocycles. The second-order valence-corrected chi connectivity index (χ2v) is 5.22. The van der Waals surface area contributed by atoms with Gasteiger partial charge in [0.2, 0.25) is 5.67 Å². The van der Waals surface area contributed by atoms with Gasteiger partial charge in [0.05, 0.1) is 12.9 Å². The summed E-state index contributed by atoms with van der Waals surface area (Å²) in [6.07, 6.45) is 3.74. The van der Waals surface area contributed by atoms with E-state index in [1.165, 1.54) is 0 Å². The summed E-state index contributed by atoms with van der Waals surface area (Å²) in [6.45, 7) is -2.30. The first-order valence-corrected chi connectivity index (χ1v) is 6.56. The highest BCUT2D eigenvalue weighted by Gasteiger charge is 2.65. The van der Waals surface area contributed by atoms with Gasteiger partial charge in [-0.2, -0.15) is 0 Å². The van der Waals surface area contributed by atoms with E-state index in [1.807, 2.05) is 0 Å². The average molecular weight is 325 g/mol. The van der Waals surface area contributed by atoms with E-state index in [9.17, 15) is 14.6 Å². The molecular weight excluding hydrogens is 312 g/mol. The number of ether oxygens (including phenoxy) is 1. The monoisotopic (exact) mass is 325 g/mol. The molecule has 0 spiro atoms. The van der Waals surface area contributed by atoms with Gasteiger partial charge in [-0.15, -0.1) is 6.42 Å². The van der Waals surface area contributed by atoms with Gasteiger partial charge < -0.3 is 20.7 Å². The van der Waals surface area contributed by atoms with Crippen molar-refractivity contribution in [2.24, 2.45) is 0 Å². The van der Waals surface area contributed by atoms with Gasteiger partial charge in [-0.3, -0.25) is 4.57 Å². The molecule has 2 aromatic rings. The maximum absolute atomic E-state index is 15.1. The summed E-state index contributed by atoms with van der Waals surface area (Å²) in [5, 5.41) is 19.5. The van der Waals surface area contributed by atoms with Gasteiger partial charge in [-0.25, -0.2) is 23.7 Å². The molecule has 10 heteroatoms. The fourth-order valence-electron chi connectivity index (χ4n) is 2.61. The Morgan fingerprint density at radius 1 is 1.48 bits per heavy atom. The topological polar surface area (TPSA) is 119 Å². The summed E-state index contributed by atoms with van der Waals surface area (Å²) in [7, 11) is 0. The van der Waals surface area contributed by atoms with Crippen LogP contribution in [0.25, 0.3) is 11.2 Å². The predicted molar refractivity (Wildman–Crippen MR) is 74.3 cm³/mol. The SMILES string of the molecule is C#C[C@@]1(F)[C@H](O)[C@](CO)(CF)O[C@H]1n1cnc2c(N)ncnc21. The molecular formula is C13H13F2N5O3. The molecule has 0 aliphatic carbocycles. The van der Waals surface area contributed by atoms with Gasteiger partial charge in [0.1, 0.15) is 24.6 Å². The van der Waals surface area contributed by atoms with Crippen molar-refractivity contribution < 1.29 is 23.7 Å². The van der Waals surface area contributed by atoms with Gasteiger partial charge in [0.15, 0.2) is 23.3 Å². The second-order valence-electron chi connectivity index (χ2n) is 5.22. The summed E-state index contributed by atoms with van der Waals surface area (Å²) in [5.41, 5.74) is 0.937. The highest BCUT2D eigenvalue weighted by Crippen LogP contribution is 2.47. The highest BCUT2D eigenvalue weighted by molar-refractivity contribution is 5.81. The number of rotatable bonds is 3. The zero-order valence-electron chi connectivity index (χ0n) is 11.7. The van der Waals surface area contributed by atoms with Crippen LogP contribution in [0.4, 0.5) is 14.6 Å². The van der Waals surface area contributed by atoms with Crippen molar-refractivity contribution in [3.63, 3.8) is 0 Å². The van der Waals surface area contributed by atoms with Gasteiger partial charge in [0, 0.05) is 0 Å². The van der Waals surface area contributed by atoms with Crippen LogP contribution in [0.15, 0.2) is 12.7 Å². The summed E-state index contributed by atoms with van der Waals surface area (Å²) >= 11 is 0. The smallest absolute Gasteiger partial charge is 0.243 e. The van der Waals surface area contributed by atoms with Crippen LogP contribution in [-0.4, -0.2) is 60.4 Å². The lowest BCUT2D eigenvalue weighted by Gasteiger charge is -2.27. The number of hydrogen-bond donors (Lipinski definition) is 3. The first-order valence-electron chi connectivity index (χ1n) is 6.56. The number of anilines is 1. The molecule has 23 heavy (non-hydrogen) atoms. The molecule has 4 atom stereocenters. The van der Waals surface area contributed by atoms with E-state index in [0.717, 1.165) is 17.2 Å². The van der Waals surface area contributed by atoms with Crippen LogP contribution in [0.1, 0.15) is 6.23 Å². The third-order valence-electron chi connectivity index (χ3n) is 3.96. The first kappa shape index (κ1) is 15.5. The third kappa shape index (κ3) is 1.91. The van der Waals surface area contributed by atoms with Crippen LogP contribution in [0, 0.1) is 12.3 Å². The maximum Gasteiger partial charge on any atom is 0.243 e. The molecule has 1 fully saturated rings. The van der Waals surface area contributed by atoms with Gasteiger partial charge in [-0.05, 0) is 0 Å². The van der Waals surface area contributed by atoms with Crippen molar-refractivity contribution >= 4 is 17.0 Å². The molecule has 4 N–H and O–H groups in total. The number of nitrogen functional groups attached to an aromatic ring is 1. The van der Waals surface area contributed by atoms with Crippen LogP contribution in [0.3, 0.4) is 0 Å². The number of aromatic nitrogens is 4. The summed E-state index contributed by atoms with van der Waals surface area (Å²) in [4.78, 5) is 11.6. The summed E-state index contributed by atoms with van der Waals surface area (Å²) < 4.78 is 34.8. The van der Waals surface area contributed by atoms with Crippen LogP contribution < -0.4 is 5.73 Å². The van der Waals surface area contributed by atoms with Gasteiger partial charge in [-0.1, -0.05) is 5.92 Å². The number of halogens is 2. The van der Waals surface area contributed by atoms with E-state index in [2.05, 4.69) is 15.0 Å². The lowest BCUT2D eigenvalue weighted by Crippen LogP contribution is -2.51. The van der Waals surface area contributed by atoms with Gasteiger partial charge in [0.25, 0.3) is 0 Å². The fraction of sp³-hybridized carbons (Fsp3) is 0.462. The fourth-order valence-corrected chi connectivity index (χ4v) is 2.61. The Kier molecular flexibility index (Phi) is 3.44. The number of aliphatic hydroxyl groups is 2. The minimum atomic E-state index is -2.80. The number of alkyl halides is 2. The van der Waals surface area contributed by atoms with Crippen molar-refractivity contribution in [2.75, 3.05) is 19.0 Å². The molecule has 1 aliphatic rings. The van der Waals surface area contributed by atoms with Crippen molar-refractivity contribution in [3.8, 4) is 12.3 Å². The highest BCUT2D eigenvalue weighted by atomic mass is 19.1. The average Bonchev–Trinajstić information content (AvgIpc) is 3.08. The molecule has 0 amide bonds. The molecule has 0 unspecified atom stereocenters. The lowest BCUT2D eigenvalue weighted by atomic mass is 9.89. The van der Waals surface area contributed by atoms with Crippen LogP contribution in [-0.2, 0) is 4.74 Å². The molecule has 0 saturated carbocycles. The Morgan fingerprint density at radius 3 is 2.83 bits per heavy atom. The quantitative estimate of drug-likeness (QED) is 0.641. The normalized spacial score (nSPS) is 33.9. The van der Waals surface area contributed by atoms with Crippen molar-refractivity contribution in [3.05, 3.63) is 12.7 Å². The zero-order chi connectivity index (χ0) is 16.8. The Balaban J connectivity index is 2.18. The van der Waals surface area contributed by atoms with Crippen LogP contribution in [0.5, 0.6) is 0 Å². The number of terminal acetylenes is 1. The number of imidazole rings is 1. The Hall–Kier alpha value is -2.35. The summed E-state index contributed by atoms with van der Waals surface area (Å²) in [5.74, 6) is 1.84. The third-order valence-corrected chi connectivity index (χ3v) is 3.96. The molecule has 8 nitrogen and oxygen atoms in total. The number of hydrogen-bond acceptors (Lipinski definition) is 7. The Bertz CT molecular complexity index is 787. The number of nitrogens with two attached hydrogens (primary N) is 1. The van der Waals surface area contributed by atoms with E-state index in [1.54, 1.807) is 5.92 Å². The van der Waals surface area contributed by atoms with Crippen molar-refractivity contribution in [1.82, 2.24) is 19.5 Å².